The maximum atomic E-state index is 13.0. The first-order chi connectivity index (χ1) is 12.9. The molecular formula is C19H16FN3O4. The molecule has 0 aliphatic carbocycles. The molecule has 2 N–H and O–H groups in total. The molecule has 0 bridgehead atoms. The summed E-state index contributed by atoms with van der Waals surface area (Å²) in [6, 6.07) is 11.9. The summed E-state index contributed by atoms with van der Waals surface area (Å²) in [6.45, 7) is 1.50. The van der Waals surface area contributed by atoms with Gasteiger partial charge in [0.1, 0.15) is 17.1 Å². The molecule has 2 aromatic carbocycles. The number of aromatic hydroxyl groups is 1. The molecule has 0 aliphatic heterocycles. The third kappa shape index (κ3) is 3.50. The number of methoxy groups -OCH3 is 1. The van der Waals surface area contributed by atoms with E-state index in [4.69, 9.17) is 4.74 Å². The van der Waals surface area contributed by atoms with Gasteiger partial charge in [0.2, 0.25) is 5.88 Å². The molecule has 3 aromatic rings. The minimum Gasteiger partial charge on any atom is -0.495 e. The van der Waals surface area contributed by atoms with Crippen molar-refractivity contribution in [3.8, 4) is 17.3 Å². The number of hydrogen-bond acceptors (Lipinski definition) is 5. The lowest BCUT2D eigenvalue weighted by Gasteiger charge is -2.14. The molecule has 0 amide bonds. The van der Waals surface area contributed by atoms with E-state index in [0.29, 0.717) is 11.4 Å². The molecule has 0 fully saturated rings. The Labute approximate surface area is 153 Å². The van der Waals surface area contributed by atoms with Gasteiger partial charge in [-0.05, 0) is 43.3 Å². The van der Waals surface area contributed by atoms with Crippen LogP contribution >= 0.6 is 0 Å². The molecule has 0 aliphatic rings. The van der Waals surface area contributed by atoms with Crippen LogP contribution in [0.25, 0.3) is 5.69 Å². The lowest BCUT2D eigenvalue weighted by molar-refractivity contribution is 0.401. The number of aromatic nitrogens is 2. The Hall–Kier alpha value is -3.68. The van der Waals surface area contributed by atoms with Crippen LogP contribution in [0, 0.1) is 5.82 Å². The highest BCUT2D eigenvalue weighted by Gasteiger charge is 2.19. The van der Waals surface area contributed by atoms with Gasteiger partial charge in [-0.15, -0.1) is 0 Å². The van der Waals surface area contributed by atoms with Gasteiger partial charge in [-0.2, -0.15) is 0 Å². The zero-order chi connectivity index (χ0) is 19.6. The molecular weight excluding hydrogens is 353 g/mol. The van der Waals surface area contributed by atoms with E-state index in [1.54, 1.807) is 24.3 Å². The van der Waals surface area contributed by atoms with Crippen LogP contribution in [0.3, 0.4) is 0 Å². The van der Waals surface area contributed by atoms with Crippen LogP contribution < -0.4 is 16.0 Å². The summed E-state index contributed by atoms with van der Waals surface area (Å²) in [6.07, 6.45) is 0. The first kappa shape index (κ1) is 18.1. The molecule has 0 saturated carbocycles. The van der Waals surface area contributed by atoms with Crippen molar-refractivity contribution in [2.45, 2.75) is 6.92 Å². The largest absolute Gasteiger partial charge is 0.495 e. The number of aliphatic imine (C=N–C) groups is 1. The molecule has 0 spiro atoms. The standard InChI is InChI=1S/C19H16FN3O4/c1-11(21-13-9-7-12(20)8-10-13)16-17(24)22-19(26)23(18(16)25)14-5-3-4-6-15(14)27-2/h3-10,25H,1-2H3,(H,22,24,26). The minimum absolute atomic E-state index is 0.156. The number of rotatable bonds is 4. The van der Waals surface area contributed by atoms with Gasteiger partial charge in [-0.1, -0.05) is 12.1 Å². The highest BCUT2D eigenvalue weighted by atomic mass is 19.1. The Balaban J connectivity index is 2.22. The Morgan fingerprint density at radius 3 is 2.48 bits per heavy atom. The Bertz CT molecular complexity index is 1130. The van der Waals surface area contributed by atoms with E-state index in [1.807, 2.05) is 0 Å². The smallest absolute Gasteiger partial charge is 0.335 e. The molecule has 3 rings (SSSR count). The molecule has 7 nitrogen and oxygen atoms in total. The van der Waals surface area contributed by atoms with Crippen LogP contribution in [-0.2, 0) is 0 Å². The van der Waals surface area contributed by atoms with Crippen molar-refractivity contribution in [1.82, 2.24) is 9.55 Å². The van der Waals surface area contributed by atoms with Gasteiger partial charge in [0.25, 0.3) is 5.56 Å². The first-order valence-electron chi connectivity index (χ1n) is 7.95. The number of ether oxygens (including phenoxy) is 1. The Morgan fingerprint density at radius 2 is 1.81 bits per heavy atom. The van der Waals surface area contributed by atoms with Gasteiger partial charge in [0.05, 0.1) is 24.2 Å². The summed E-state index contributed by atoms with van der Waals surface area (Å²) in [5.74, 6) is -0.658. The zero-order valence-electron chi connectivity index (χ0n) is 14.6. The lowest BCUT2D eigenvalue weighted by atomic mass is 10.2. The average Bonchev–Trinajstić information content (AvgIpc) is 2.63. The maximum Gasteiger partial charge on any atom is 0.335 e. The third-order valence-electron chi connectivity index (χ3n) is 3.90. The highest BCUT2D eigenvalue weighted by molar-refractivity contribution is 6.01. The minimum atomic E-state index is -0.819. The molecule has 1 heterocycles. The number of aromatic amines is 1. The lowest BCUT2D eigenvalue weighted by Crippen LogP contribution is -2.32. The number of halogens is 1. The second-order valence-electron chi connectivity index (χ2n) is 5.64. The van der Waals surface area contributed by atoms with Gasteiger partial charge in [0.15, 0.2) is 0 Å². The fourth-order valence-corrected chi connectivity index (χ4v) is 2.65. The summed E-state index contributed by atoms with van der Waals surface area (Å²) in [7, 11) is 1.43. The van der Waals surface area contributed by atoms with E-state index in [-0.39, 0.29) is 17.0 Å². The van der Waals surface area contributed by atoms with Crippen molar-refractivity contribution in [2.75, 3.05) is 7.11 Å². The molecule has 138 valence electrons. The van der Waals surface area contributed by atoms with E-state index >= 15 is 0 Å². The number of benzene rings is 2. The fraction of sp³-hybridized carbons (Fsp3) is 0.105. The van der Waals surface area contributed by atoms with Crippen molar-refractivity contribution in [2.24, 2.45) is 4.99 Å². The monoisotopic (exact) mass is 369 g/mol. The third-order valence-corrected chi connectivity index (χ3v) is 3.90. The molecule has 27 heavy (non-hydrogen) atoms. The Morgan fingerprint density at radius 1 is 1.15 bits per heavy atom. The van der Waals surface area contributed by atoms with Crippen molar-refractivity contribution in [3.63, 3.8) is 0 Å². The summed E-state index contributed by atoms with van der Waals surface area (Å²) < 4.78 is 19.2. The van der Waals surface area contributed by atoms with E-state index in [1.165, 1.54) is 38.3 Å². The zero-order valence-corrected chi connectivity index (χ0v) is 14.6. The topological polar surface area (TPSA) is 96.7 Å². The number of hydrogen-bond donors (Lipinski definition) is 2. The van der Waals surface area contributed by atoms with Gasteiger partial charge < -0.3 is 9.84 Å². The molecule has 0 unspecified atom stereocenters. The Kier molecular flexibility index (Phi) is 4.89. The molecule has 0 saturated heterocycles. The van der Waals surface area contributed by atoms with E-state index in [9.17, 15) is 19.1 Å². The molecule has 0 radical (unpaired) electrons. The number of nitrogens with one attached hydrogen (secondary N) is 1. The normalized spacial score (nSPS) is 11.4. The van der Waals surface area contributed by atoms with Crippen LogP contribution in [0.15, 0.2) is 63.1 Å². The first-order valence-corrected chi connectivity index (χ1v) is 7.95. The second-order valence-corrected chi connectivity index (χ2v) is 5.64. The summed E-state index contributed by atoms with van der Waals surface area (Å²) >= 11 is 0. The van der Waals surface area contributed by atoms with Gasteiger partial charge in [0, 0.05) is 0 Å². The number of para-hydroxylation sites is 2. The van der Waals surface area contributed by atoms with Crippen molar-refractivity contribution in [3.05, 3.63) is 80.7 Å². The van der Waals surface area contributed by atoms with Gasteiger partial charge >= 0.3 is 5.69 Å². The summed E-state index contributed by atoms with van der Waals surface area (Å²) in [5.41, 5.74) is -0.974. The molecule has 1 aromatic heterocycles. The summed E-state index contributed by atoms with van der Waals surface area (Å²) in [5, 5.41) is 10.7. The van der Waals surface area contributed by atoms with Crippen molar-refractivity contribution in [1.29, 1.82) is 0 Å². The van der Waals surface area contributed by atoms with Gasteiger partial charge in [-0.25, -0.2) is 13.8 Å². The highest BCUT2D eigenvalue weighted by Crippen LogP contribution is 2.26. The predicted octanol–water partition coefficient (Wildman–Crippen LogP) is 2.52. The molecule has 0 atom stereocenters. The van der Waals surface area contributed by atoms with Crippen LogP contribution in [0.2, 0.25) is 0 Å². The summed E-state index contributed by atoms with van der Waals surface area (Å²) in [4.78, 5) is 31.0. The van der Waals surface area contributed by atoms with Gasteiger partial charge in [-0.3, -0.25) is 14.8 Å². The van der Waals surface area contributed by atoms with Crippen LogP contribution in [0.4, 0.5) is 10.1 Å². The second kappa shape index (κ2) is 7.28. The van der Waals surface area contributed by atoms with E-state index in [0.717, 1.165) is 4.57 Å². The van der Waals surface area contributed by atoms with E-state index < -0.39 is 22.9 Å². The number of H-pyrrole nitrogens is 1. The van der Waals surface area contributed by atoms with Crippen molar-refractivity contribution < 1.29 is 14.2 Å². The van der Waals surface area contributed by atoms with E-state index in [2.05, 4.69) is 9.98 Å². The SMILES string of the molecule is COc1ccccc1-n1c(O)c(C(C)=Nc2ccc(F)cc2)c(=O)[nH]c1=O. The number of nitrogens with zero attached hydrogens (tertiary/aromatic N) is 2. The fourth-order valence-electron chi connectivity index (χ4n) is 2.65. The van der Waals surface area contributed by atoms with Crippen LogP contribution in [0.1, 0.15) is 12.5 Å². The maximum absolute atomic E-state index is 13.0. The predicted molar refractivity (Wildman–Crippen MR) is 99.1 cm³/mol. The molecule has 8 heteroatoms. The van der Waals surface area contributed by atoms with Crippen molar-refractivity contribution >= 4 is 11.4 Å². The quantitative estimate of drug-likeness (QED) is 0.691. The van der Waals surface area contributed by atoms with Crippen LogP contribution in [0.5, 0.6) is 11.6 Å². The van der Waals surface area contributed by atoms with Crippen LogP contribution in [-0.4, -0.2) is 27.5 Å². The average molecular weight is 369 g/mol.